The number of amides is 1. The third-order valence-corrected chi connectivity index (χ3v) is 4.50. The van der Waals surface area contributed by atoms with Gasteiger partial charge in [-0.3, -0.25) is 0 Å². The number of aliphatic hydroxyl groups excluding tert-OH is 1. The van der Waals surface area contributed by atoms with Crippen LogP contribution in [-0.4, -0.2) is 52.1 Å². The first-order chi connectivity index (χ1) is 8.71. The second-order valence-corrected chi connectivity index (χ2v) is 6.98. The first kappa shape index (κ1) is 14.6. The summed E-state index contributed by atoms with van der Waals surface area (Å²) < 4.78 is 5.33. The van der Waals surface area contributed by atoms with Crippen molar-refractivity contribution in [3.63, 3.8) is 0 Å². The minimum atomic E-state index is -0.961. The van der Waals surface area contributed by atoms with Gasteiger partial charge in [-0.05, 0) is 40.0 Å². The van der Waals surface area contributed by atoms with Crippen LogP contribution < -0.4 is 0 Å². The number of hydrogen-bond acceptors (Lipinski definition) is 4. The topological polar surface area (TPSA) is 70.0 Å². The van der Waals surface area contributed by atoms with Crippen molar-refractivity contribution in [1.82, 2.24) is 4.90 Å². The molecule has 5 heteroatoms. The molecule has 1 heterocycles. The maximum Gasteiger partial charge on any atom is 0.410 e. The molecule has 2 N–H and O–H groups in total. The Balaban J connectivity index is 2.01. The van der Waals surface area contributed by atoms with Crippen molar-refractivity contribution >= 4 is 6.09 Å². The molecule has 110 valence electrons. The van der Waals surface area contributed by atoms with E-state index in [0.29, 0.717) is 13.0 Å². The first-order valence-corrected chi connectivity index (χ1v) is 7.03. The Bertz CT molecular complexity index is 353. The third-order valence-electron chi connectivity index (χ3n) is 4.50. The molecule has 1 amide bonds. The SMILES string of the molecule is CC(C)(C)OC(=O)N1CCC(O)(C2(CO)CCC2)C1. The Morgan fingerprint density at radius 2 is 1.95 bits per heavy atom. The van der Waals surface area contributed by atoms with Crippen LogP contribution in [0.3, 0.4) is 0 Å². The van der Waals surface area contributed by atoms with E-state index in [2.05, 4.69) is 0 Å². The summed E-state index contributed by atoms with van der Waals surface area (Å²) in [7, 11) is 0. The highest BCUT2D eigenvalue weighted by Crippen LogP contribution is 2.52. The minimum Gasteiger partial charge on any atom is -0.444 e. The molecule has 0 spiro atoms. The highest BCUT2D eigenvalue weighted by molar-refractivity contribution is 5.68. The summed E-state index contributed by atoms with van der Waals surface area (Å²) in [5.74, 6) is 0. The number of hydrogen-bond donors (Lipinski definition) is 2. The van der Waals surface area contributed by atoms with Gasteiger partial charge in [-0.25, -0.2) is 4.79 Å². The second kappa shape index (κ2) is 4.63. The third kappa shape index (κ3) is 2.58. The van der Waals surface area contributed by atoms with Crippen LogP contribution in [0.25, 0.3) is 0 Å². The molecular formula is C14H25NO4. The average Bonchev–Trinajstić information content (AvgIpc) is 2.58. The summed E-state index contributed by atoms with van der Waals surface area (Å²) in [4.78, 5) is 13.6. The number of carbonyl (C=O) groups is 1. The Hall–Kier alpha value is -0.810. The van der Waals surface area contributed by atoms with Crippen molar-refractivity contribution in [3.8, 4) is 0 Å². The van der Waals surface area contributed by atoms with E-state index >= 15 is 0 Å². The van der Waals surface area contributed by atoms with E-state index in [1.54, 1.807) is 4.90 Å². The quantitative estimate of drug-likeness (QED) is 0.799. The van der Waals surface area contributed by atoms with Crippen molar-refractivity contribution in [3.05, 3.63) is 0 Å². The molecule has 1 aliphatic carbocycles. The summed E-state index contributed by atoms with van der Waals surface area (Å²) in [6.45, 7) is 6.23. The predicted octanol–water partition coefficient (Wildman–Crippen LogP) is 1.52. The number of β-amino-alcohol motifs (C(OH)–C–C–N with tert-alkyl or cyclic N) is 1. The maximum atomic E-state index is 12.0. The lowest BCUT2D eigenvalue weighted by Gasteiger charge is -2.50. The molecule has 1 unspecified atom stereocenters. The highest BCUT2D eigenvalue weighted by atomic mass is 16.6. The number of likely N-dealkylation sites (tertiary alicyclic amines) is 1. The summed E-state index contributed by atoms with van der Waals surface area (Å²) in [6, 6.07) is 0. The molecule has 0 bridgehead atoms. The number of rotatable bonds is 2. The van der Waals surface area contributed by atoms with E-state index in [0.717, 1.165) is 19.3 Å². The summed E-state index contributed by atoms with van der Waals surface area (Å²) in [5.41, 5.74) is -1.90. The minimum absolute atomic E-state index is 0.00828. The molecule has 0 aromatic rings. The molecule has 19 heavy (non-hydrogen) atoms. The normalized spacial score (nSPS) is 30.1. The predicted molar refractivity (Wildman–Crippen MR) is 70.7 cm³/mol. The average molecular weight is 271 g/mol. The van der Waals surface area contributed by atoms with Gasteiger partial charge >= 0.3 is 6.09 Å². The van der Waals surface area contributed by atoms with Gasteiger partial charge in [0, 0.05) is 12.0 Å². The molecule has 2 aliphatic rings. The lowest BCUT2D eigenvalue weighted by atomic mass is 9.58. The molecule has 5 nitrogen and oxygen atoms in total. The van der Waals surface area contributed by atoms with Crippen molar-refractivity contribution < 1.29 is 19.7 Å². The van der Waals surface area contributed by atoms with Gasteiger partial charge in [0.2, 0.25) is 0 Å². The van der Waals surface area contributed by atoms with Crippen LogP contribution >= 0.6 is 0 Å². The maximum absolute atomic E-state index is 12.0. The van der Waals surface area contributed by atoms with Crippen LogP contribution in [0.1, 0.15) is 46.5 Å². The molecule has 1 saturated carbocycles. The van der Waals surface area contributed by atoms with Gasteiger partial charge in [0.1, 0.15) is 5.60 Å². The Kier molecular flexibility index (Phi) is 3.56. The van der Waals surface area contributed by atoms with Gasteiger partial charge in [-0.2, -0.15) is 0 Å². The van der Waals surface area contributed by atoms with E-state index in [1.165, 1.54) is 0 Å². The number of nitrogens with zero attached hydrogens (tertiary/aromatic N) is 1. The Morgan fingerprint density at radius 1 is 1.32 bits per heavy atom. The van der Waals surface area contributed by atoms with Crippen molar-refractivity contribution in [2.75, 3.05) is 19.7 Å². The van der Waals surface area contributed by atoms with Crippen LogP contribution in [0.5, 0.6) is 0 Å². The van der Waals surface area contributed by atoms with E-state index < -0.39 is 16.6 Å². The van der Waals surface area contributed by atoms with Crippen LogP contribution in [0, 0.1) is 5.41 Å². The summed E-state index contributed by atoms with van der Waals surface area (Å²) in [6.07, 6.45) is 2.85. The van der Waals surface area contributed by atoms with E-state index in [-0.39, 0.29) is 19.2 Å². The zero-order valence-electron chi connectivity index (χ0n) is 12.1. The molecule has 1 saturated heterocycles. The zero-order chi connectivity index (χ0) is 14.3. The van der Waals surface area contributed by atoms with Gasteiger partial charge < -0.3 is 19.8 Å². The highest BCUT2D eigenvalue weighted by Gasteiger charge is 2.57. The molecule has 0 aromatic carbocycles. The van der Waals surface area contributed by atoms with Gasteiger partial charge in [0.25, 0.3) is 0 Å². The van der Waals surface area contributed by atoms with Crippen LogP contribution in [0.4, 0.5) is 4.79 Å². The zero-order valence-corrected chi connectivity index (χ0v) is 12.1. The van der Waals surface area contributed by atoms with Crippen LogP contribution in [-0.2, 0) is 4.74 Å². The smallest absolute Gasteiger partial charge is 0.410 e. The largest absolute Gasteiger partial charge is 0.444 e. The molecule has 0 radical (unpaired) electrons. The monoisotopic (exact) mass is 271 g/mol. The standard InChI is InChI=1S/C14H25NO4/c1-12(2,3)19-11(17)15-8-7-14(18,9-15)13(10-16)5-4-6-13/h16,18H,4-10H2,1-3H3. The fourth-order valence-electron chi connectivity index (χ4n) is 3.08. The second-order valence-electron chi connectivity index (χ2n) is 6.98. The Labute approximate surface area is 114 Å². The molecule has 1 aliphatic heterocycles. The van der Waals surface area contributed by atoms with E-state index in [4.69, 9.17) is 4.74 Å². The fraction of sp³-hybridized carbons (Fsp3) is 0.929. The number of carbonyl (C=O) groups excluding carboxylic acids is 1. The Morgan fingerprint density at radius 3 is 2.37 bits per heavy atom. The lowest BCUT2D eigenvalue weighted by molar-refractivity contribution is -0.142. The molecule has 2 rings (SSSR count). The van der Waals surface area contributed by atoms with Gasteiger partial charge in [-0.1, -0.05) is 6.42 Å². The first-order valence-electron chi connectivity index (χ1n) is 7.03. The fourth-order valence-corrected chi connectivity index (χ4v) is 3.08. The lowest BCUT2D eigenvalue weighted by Crippen LogP contribution is -2.56. The molecule has 0 aromatic heterocycles. The van der Waals surface area contributed by atoms with Crippen LogP contribution in [0.15, 0.2) is 0 Å². The molecule has 2 fully saturated rings. The van der Waals surface area contributed by atoms with Gasteiger partial charge in [-0.15, -0.1) is 0 Å². The van der Waals surface area contributed by atoms with Crippen molar-refractivity contribution in [1.29, 1.82) is 0 Å². The van der Waals surface area contributed by atoms with Gasteiger partial charge in [0.05, 0.1) is 18.8 Å². The van der Waals surface area contributed by atoms with Crippen molar-refractivity contribution in [2.45, 2.75) is 57.7 Å². The van der Waals surface area contributed by atoms with Crippen molar-refractivity contribution in [2.24, 2.45) is 5.41 Å². The summed E-state index contributed by atoms with van der Waals surface area (Å²) >= 11 is 0. The summed E-state index contributed by atoms with van der Waals surface area (Å²) in [5, 5.41) is 20.3. The van der Waals surface area contributed by atoms with E-state index in [9.17, 15) is 15.0 Å². The number of ether oxygens (including phenoxy) is 1. The van der Waals surface area contributed by atoms with Gasteiger partial charge in [0.15, 0.2) is 0 Å². The van der Waals surface area contributed by atoms with E-state index in [1.807, 2.05) is 20.8 Å². The molecular weight excluding hydrogens is 246 g/mol. The van der Waals surface area contributed by atoms with Crippen LogP contribution in [0.2, 0.25) is 0 Å². The molecule has 1 atom stereocenters. The number of aliphatic hydroxyl groups is 2.